The maximum atomic E-state index is 4.93. The lowest BCUT2D eigenvalue weighted by molar-refractivity contribution is 0.722. The molecule has 6 aromatic carbocycles. The molecule has 1 nitrogen and oxygen atoms in total. The van der Waals surface area contributed by atoms with Crippen LogP contribution in [0.2, 0.25) is 0 Å². The smallest absolute Gasteiger partial charge is 0.0347 e. The summed E-state index contributed by atoms with van der Waals surface area (Å²) in [6.07, 6.45) is 13.8. The highest BCUT2D eigenvalue weighted by atomic mass is 14.6. The summed E-state index contributed by atoms with van der Waals surface area (Å²) in [6, 6.07) is 38.4. The molecule has 218 valence electrons. The first-order chi connectivity index (χ1) is 21.8. The van der Waals surface area contributed by atoms with E-state index in [-0.39, 0.29) is 0 Å². The Morgan fingerprint density at radius 3 is 1.05 bits per heavy atom. The van der Waals surface area contributed by atoms with Crippen LogP contribution in [0.15, 0.2) is 116 Å². The van der Waals surface area contributed by atoms with Gasteiger partial charge in [0.1, 0.15) is 0 Å². The fourth-order valence-corrected chi connectivity index (χ4v) is 7.42. The molecule has 1 heteroatoms. The number of unbranched alkanes of at least 4 members (excludes halogenated alkanes) is 4. The number of pyridine rings is 1. The topological polar surface area (TPSA) is 12.9 Å². The highest BCUT2D eigenvalue weighted by Crippen LogP contribution is 2.43. The predicted molar refractivity (Wildman–Crippen MR) is 192 cm³/mol. The van der Waals surface area contributed by atoms with Gasteiger partial charge in [-0.2, -0.15) is 0 Å². The molecule has 0 aliphatic carbocycles. The van der Waals surface area contributed by atoms with Crippen molar-refractivity contribution in [3.63, 3.8) is 0 Å². The average molecular weight is 572 g/mol. The van der Waals surface area contributed by atoms with E-state index in [0.717, 1.165) is 12.8 Å². The van der Waals surface area contributed by atoms with Crippen molar-refractivity contribution < 1.29 is 0 Å². The van der Waals surface area contributed by atoms with Gasteiger partial charge >= 0.3 is 0 Å². The van der Waals surface area contributed by atoms with Gasteiger partial charge in [0, 0.05) is 23.5 Å². The van der Waals surface area contributed by atoms with Gasteiger partial charge in [0.25, 0.3) is 0 Å². The van der Waals surface area contributed by atoms with Crippen LogP contribution >= 0.6 is 0 Å². The van der Waals surface area contributed by atoms with Crippen molar-refractivity contribution in [2.75, 3.05) is 0 Å². The Morgan fingerprint density at radius 1 is 0.409 bits per heavy atom. The molecule has 0 saturated heterocycles. The number of rotatable bonds is 10. The quantitative estimate of drug-likeness (QED) is 0.117. The number of hydrogen-bond acceptors (Lipinski definition) is 1. The summed E-state index contributed by atoms with van der Waals surface area (Å²) in [6.45, 7) is 4.57. The molecule has 0 N–H and O–H groups in total. The Hall–Kier alpha value is -4.49. The van der Waals surface area contributed by atoms with Crippen LogP contribution in [0.3, 0.4) is 0 Å². The molecule has 0 aliphatic heterocycles. The number of aryl methyl sites for hydroxylation is 2. The zero-order valence-electron chi connectivity index (χ0n) is 26.1. The summed E-state index contributed by atoms with van der Waals surface area (Å²) in [5, 5.41) is 10.8. The molecule has 0 unspecified atom stereocenters. The Balaban J connectivity index is 1.48. The van der Waals surface area contributed by atoms with E-state index in [2.05, 4.69) is 129 Å². The zero-order valence-corrected chi connectivity index (χ0v) is 26.1. The fraction of sp³-hybridized carbons (Fsp3) is 0.233. The summed E-state index contributed by atoms with van der Waals surface area (Å²) < 4.78 is 0. The second kappa shape index (κ2) is 12.6. The maximum absolute atomic E-state index is 4.93. The van der Waals surface area contributed by atoms with Gasteiger partial charge in [-0.15, -0.1) is 0 Å². The molecule has 0 spiro atoms. The van der Waals surface area contributed by atoms with Crippen LogP contribution in [-0.4, -0.2) is 4.98 Å². The Bertz CT molecular complexity index is 1840. The third-order valence-corrected chi connectivity index (χ3v) is 9.46. The van der Waals surface area contributed by atoms with E-state index in [1.165, 1.54) is 115 Å². The predicted octanol–water partition coefficient (Wildman–Crippen LogP) is 12.5. The van der Waals surface area contributed by atoms with E-state index in [1.54, 1.807) is 0 Å². The molecular weight excluding hydrogens is 530 g/mol. The first-order valence-corrected chi connectivity index (χ1v) is 16.6. The minimum absolute atomic E-state index is 1.11. The van der Waals surface area contributed by atoms with E-state index >= 15 is 0 Å². The molecule has 0 aliphatic rings. The van der Waals surface area contributed by atoms with Gasteiger partial charge in [-0.3, -0.25) is 4.98 Å². The first-order valence-electron chi connectivity index (χ1n) is 16.6. The van der Waals surface area contributed by atoms with Crippen molar-refractivity contribution in [3.05, 3.63) is 127 Å². The van der Waals surface area contributed by atoms with Crippen LogP contribution in [0.5, 0.6) is 0 Å². The molecule has 1 aromatic heterocycles. The number of nitrogens with zero attached hydrogens (tertiary/aromatic N) is 1. The van der Waals surface area contributed by atoms with Gasteiger partial charge in [-0.1, -0.05) is 137 Å². The molecule has 0 fully saturated rings. The largest absolute Gasteiger partial charge is 0.263 e. The lowest BCUT2D eigenvalue weighted by atomic mass is 9.85. The number of fused-ring (bicyclic) bond motifs is 4. The van der Waals surface area contributed by atoms with Gasteiger partial charge in [0.05, 0.1) is 0 Å². The molecule has 7 rings (SSSR count). The van der Waals surface area contributed by atoms with Crippen molar-refractivity contribution in [2.45, 2.75) is 65.2 Å². The third kappa shape index (κ3) is 5.05. The van der Waals surface area contributed by atoms with Crippen LogP contribution in [0, 0.1) is 0 Å². The average Bonchev–Trinajstić information content (AvgIpc) is 3.08. The van der Waals surface area contributed by atoms with E-state index < -0.39 is 0 Å². The minimum Gasteiger partial charge on any atom is -0.263 e. The monoisotopic (exact) mass is 571 g/mol. The van der Waals surface area contributed by atoms with E-state index in [0.29, 0.717) is 0 Å². The molecule has 0 saturated carbocycles. The SMILES string of the molecule is CCCCCc1c2ccccc2c(-c2cncc(-c3c4ccccc4c(CCCCC)c4ccccc34)c2)c2ccccc12. The zero-order chi connectivity index (χ0) is 29.9. The van der Waals surface area contributed by atoms with E-state index in [4.69, 9.17) is 4.98 Å². The van der Waals surface area contributed by atoms with Crippen molar-refractivity contribution in [1.29, 1.82) is 0 Å². The fourth-order valence-electron chi connectivity index (χ4n) is 7.42. The van der Waals surface area contributed by atoms with Gasteiger partial charge in [0.2, 0.25) is 0 Å². The van der Waals surface area contributed by atoms with Crippen LogP contribution in [0.1, 0.15) is 63.5 Å². The van der Waals surface area contributed by atoms with Crippen LogP contribution in [-0.2, 0) is 12.8 Å². The lowest BCUT2D eigenvalue weighted by Gasteiger charge is -2.19. The van der Waals surface area contributed by atoms with Crippen LogP contribution in [0.4, 0.5) is 0 Å². The molecule has 0 atom stereocenters. The molecule has 44 heavy (non-hydrogen) atoms. The maximum Gasteiger partial charge on any atom is 0.0347 e. The summed E-state index contributed by atoms with van der Waals surface area (Å²) in [7, 11) is 0. The number of benzene rings is 6. The first kappa shape index (κ1) is 28.3. The lowest BCUT2D eigenvalue weighted by Crippen LogP contribution is -1.96. The third-order valence-electron chi connectivity index (χ3n) is 9.46. The number of hydrogen-bond donors (Lipinski definition) is 0. The number of aromatic nitrogens is 1. The van der Waals surface area contributed by atoms with Crippen molar-refractivity contribution in [1.82, 2.24) is 4.98 Å². The summed E-state index contributed by atoms with van der Waals surface area (Å²) in [4.78, 5) is 4.93. The molecule has 1 heterocycles. The molecule has 0 radical (unpaired) electrons. The van der Waals surface area contributed by atoms with Crippen LogP contribution < -0.4 is 0 Å². The van der Waals surface area contributed by atoms with Crippen molar-refractivity contribution in [3.8, 4) is 22.3 Å². The molecule has 7 aromatic rings. The standard InChI is InChI=1S/C43H41N/c1-3-5-7-17-32-34-19-9-13-23-38(34)42(39-24-14-10-20-35(32)39)30-27-31(29-44-28-30)43-40-25-15-11-21-36(40)33(18-8-6-4-2)37-22-12-16-26-41(37)43/h9-16,19-29H,3-8,17-18H2,1-2H3. The highest BCUT2D eigenvalue weighted by molar-refractivity contribution is 6.17. The van der Waals surface area contributed by atoms with Crippen molar-refractivity contribution >= 4 is 43.1 Å². The van der Waals surface area contributed by atoms with Gasteiger partial charge < -0.3 is 0 Å². The van der Waals surface area contributed by atoms with Gasteiger partial charge in [0.15, 0.2) is 0 Å². The van der Waals surface area contributed by atoms with E-state index in [9.17, 15) is 0 Å². The second-order valence-corrected chi connectivity index (χ2v) is 12.3. The van der Waals surface area contributed by atoms with Crippen LogP contribution in [0.25, 0.3) is 65.3 Å². The molecule has 0 amide bonds. The second-order valence-electron chi connectivity index (χ2n) is 12.3. The highest BCUT2D eigenvalue weighted by Gasteiger charge is 2.18. The Kier molecular flexibility index (Phi) is 8.12. The molecular formula is C43H41N. The minimum atomic E-state index is 1.11. The Labute approximate surface area is 261 Å². The van der Waals surface area contributed by atoms with E-state index in [1.807, 2.05) is 0 Å². The summed E-state index contributed by atoms with van der Waals surface area (Å²) in [5.74, 6) is 0. The van der Waals surface area contributed by atoms with Gasteiger partial charge in [-0.25, -0.2) is 0 Å². The van der Waals surface area contributed by atoms with Gasteiger partial charge in [-0.05, 0) is 97.1 Å². The summed E-state index contributed by atoms with van der Waals surface area (Å²) in [5.41, 5.74) is 7.89. The molecule has 0 bridgehead atoms. The Morgan fingerprint density at radius 2 is 0.727 bits per heavy atom. The summed E-state index contributed by atoms with van der Waals surface area (Å²) >= 11 is 0. The normalized spacial score (nSPS) is 11.7. The van der Waals surface area contributed by atoms with Crippen molar-refractivity contribution in [2.24, 2.45) is 0 Å².